The van der Waals surface area contributed by atoms with Crippen LogP contribution in [0.2, 0.25) is 0 Å². The summed E-state index contributed by atoms with van der Waals surface area (Å²) in [6, 6.07) is 0. The number of hydrogen-bond donors (Lipinski definition) is 1. The molecule has 0 bridgehead atoms. The van der Waals surface area contributed by atoms with E-state index in [1.807, 2.05) is 6.92 Å². The molecular formula is C7H9N3S. The first-order valence-electron chi connectivity index (χ1n) is 3.33. The molecule has 0 amide bonds. The first kappa shape index (κ1) is 8.02. The number of nitrogens with one attached hydrogen (secondary N) is 1. The molecule has 1 heterocycles. The van der Waals surface area contributed by atoms with Crippen molar-refractivity contribution in [3.8, 4) is 11.8 Å². The van der Waals surface area contributed by atoms with Gasteiger partial charge in [-0.1, -0.05) is 0 Å². The summed E-state index contributed by atoms with van der Waals surface area (Å²) in [5, 5.41) is 3.97. The Kier molecular flexibility index (Phi) is 3.42. The maximum absolute atomic E-state index is 3.96. The molecule has 0 radical (unpaired) electrons. The van der Waals surface area contributed by atoms with Gasteiger partial charge in [-0.15, -0.1) is 11.8 Å². The molecule has 1 rings (SSSR count). The third-order valence-electron chi connectivity index (χ3n) is 1.06. The standard InChI is InChI=1S/C7H9N3S/c1-2-3-4-5-8-7-9-6-10-11-7/h6H,4-5H2,1H3,(H,8,9,10). The number of rotatable bonds is 3. The summed E-state index contributed by atoms with van der Waals surface area (Å²) >= 11 is 1.36. The molecule has 0 aromatic carbocycles. The van der Waals surface area contributed by atoms with Gasteiger partial charge in [0, 0.05) is 24.5 Å². The molecule has 0 aliphatic heterocycles. The largest absolute Gasteiger partial charge is 0.359 e. The highest BCUT2D eigenvalue weighted by molar-refractivity contribution is 7.09. The normalized spacial score (nSPS) is 8.45. The average molecular weight is 167 g/mol. The van der Waals surface area contributed by atoms with Crippen LogP contribution in [0.1, 0.15) is 13.3 Å². The third kappa shape index (κ3) is 3.01. The van der Waals surface area contributed by atoms with E-state index in [-0.39, 0.29) is 0 Å². The molecule has 0 spiro atoms. The maximum Gasteiger partial charge on any atom is 0.202 e. The number of anilines is 1. The molecule has 0 saturated carbocycles. The molecule has 0 unspecified atom stereocenters. The van der Waals surface area contributed by atoms with Gasteiger partial charge >= 0.3 is 0 Å². The Labute approximate surface area is 70.0 Å². The maximum atomic E-state index is 3.96. The smallest absolute Gasteiger partial charge is 0.202 e. The van der Waals surface area contributed by atoms with Crippen molar-refractivity contribution in [2.45, 2.75) is 13.3 Å². The highest BCUT2D eigenvalue weighted by atomic mass is 32.1. The topological polar surface area (TPSA) is 37.8 Å². The van der Waals surface area contributed by atoms with Gasteiger partial charge in [-0.3, -0.25) is 0 Å². The van der Waals surface area contributed by atoms with E-state index < -0.39 is 0 Å². The first-order valence-corrected chi connectivity index (χ1v) is 4.11. The Bertz CT molecular complexity index is 244. The van der Waals surface area contributed by atoms with Crippen LogP contribution >= 0.6 is 11.5 Å². The number of nitrogens with zero attached hydrogens (tertiary/aromatic N) is 2. The second-order valence-electron chi connectivity index (χ2n) is 1.85. The Hall–Kier alpha value is -1.08. The Balaban J connectivity index is 2.17. The van der Waals surface area contributed by atoms with Crippen LogP contribution < -0.4 is 5.32 Å². The predicted octanol–water partition coefficient (Wildman–Crippen LogP) is 1.36. The molecule has 1 N–H and O–H groups in total. The van der Waals surface area contributed by atoms with Crippen molar-refractivity contribution in [2.75, 3.05) is 11.9 Å². The van der Waals surface area contributed by atoms with Crippen LogP contribution in [0, 0.1) is 11.8 Å². The zero-order valence-electron chi connectivity index (χ0n) is 6.29. The lowest BCUT2D eigenvalue weighted by molar-refractivity contribution is 1.09. The van der Waals surface area contributed by atoms with Crippen LogP contribution in [0.25, 0.3) is 0 Å². The third-order valence-corrected chi connectivity index (χ3v) is 1.69. The Morgan fingerprint density at radius 1 is 1.73 bits per heavy atom. The van der Waals surface area contributed by atoms with Crippen molar-refractivity contribution in [3.05, 3.63) is 6.33 Å². The lowest BCUT2D eigenvalue weighted by Crippen LogP contribution is -1.98. The van der Waals surface area contributed by atoms with Gasteiger partial charge in [-0.05, 0) is 6.92 Å². The Morgan fingerprint density at radius 3 is 3.27 bits per heavy atom. The first-order chi connectivity index (χ1) is 5.43. The van der Waals surface area contributed by atoms with Gasteiger partial charge < -0.3 is 5.32 Å². The predicted molar refractivity (Wildman–Crippen MR) is 46.5 cm³/mol. The van der Waals surface area contributed by atoms with Crippen molar-refractivity contribution in [2.24, 2.45) is 0 Å². The lowest BCUT2D eigenvalue weighted by Gasteiger charge is -1.94. The second kappa shape index (κ2) is 4.69. The molecule has 11 heavy (non-hydrogen) atoms. The van der Waals surface area contributed by atoms with Gasteiger partial charge in [0.2, 0.25) is 5.13 Å². The van der Waals surface area contributed by atoms with Crippen molar-refractivity contribution >= 4 is 16.7 Å². The highest BCUT2D eigenvalue weighted by Gasteiger charge is 1.90. The Morgan fingerprint density at radius 2 is 2.64 bits per heavy atom. The van der Waals surface area contributed by atoms with Crippen LogP contribution in [0.4, 0.5) is 5.13 Å². The molecule has 4 heteroatoms. The molecule has 1 aromatic heterocycles. The minimum absolute atomic E-state index is 0.843. The van der Waals surface area contributed by atoms with Gasteiger partial charge in [0.25, 0.3) is 0 Å². The quantitative estimate of drug-likeness (QED) is 0.545. The van der Waals surface area contributed by atoms with Gasteiger partial charge in [0.05, 0.1) is 0 Å². The number of aromatic nitrogens is 2. The monoisotopic (exact) mass is 167 g/mol. The summed E-state index contributed by atoms with van der Waals surface area (Å²) in [5.74, 6) is 5.78. The van der Waals surface area contributed by atoms with Gasteiger partial charge in [-0.2, -0.15) is 4.37 Å². The lowest BCUT2D eigenvalue weighted by atomic mass is 10.4. The highest BCUT2D eigenvalue weighted by Crippen LogP contribution is 2.05. The van der Waals surface area contributed by atoms with Crippen LogP contribution in [0.15, 0.2) is 6.33 Å². The van der Waals surface area contributed by atoms with Crippen molar-refractivity contribution < 1.29 is 0 Å². The van der Waals surface area contributed by atoms with E-state index in [0.717, 1.165) is 18.1 Å². The molecule has 3 nitrogen and oxygen atoms in total. The van der Waals surface area contributed by atoms with Crippen molar-refractivity contribution in [3.63, 3.8) is 0 Å². The SMILES string of the molecule is CC#CCCNc1ncns1. The second-order valence-corrected chi connectivity index (χ2v) is 2.63. The van der Waals surface area contributed by atoms with E-state index in [1.165, 1.54) is 11.5 Å². The molecule has 0 fully saturated rings. The van der Waals surface area contributed by atoms with E-state index in [9.17, 15) is 0 Å². The zero-order chi connectivity index (χ0) is 7.94. The van der Waals surface area contributed by atoms with Crippen LogP contribution in [-0.2, 0) is 0 Å². The average Bonchev–Trinajstić information content (AvgIpc) is 2.50. The van der Waals surface area contributed by atoms with Crippen molar-refractivity contribution in [1.82, 2.24) is 9.36 Å². The van der Waals surface area contributed by atoms with Gasteiger partial charge in [-0.25, -0.2) is 4.98 Å². The van der Waals surface area contributed by atoms with Gasteiger partial charge in [0.1, 0.15) is 6.33 Å². The van der Waals surface area contributed by atoms with E-state index in [2.05, 4.69) is 26.5 Å². The zero-order valence-corrected chi connectivity index (χ0v) is 7.11. The van der Waals surface area contributed by atoms with Crippen molar-refractivity contribution in [1.29, 1.82) is 0 Å². The molecule has 0 saturated heterocycles. The summed E-state index contributed by atoms with van der Waals surface area (Å²) in [6.45, 7) is 2.68. The molecule has 58 valence electrons. The fourth-order valence-electron chi connectivity index (χ4n) is 0.608. The van der Waals surface area contributed by atoms with Crippen LogP contribution in [0.3, 0.4) is 0 Å². The molecular weight excluding hydrogens is 158 g/mol. The fourth-order valence-corrected chi connectivity index (χ4v) is 1.06. The molecule has 0 aliphatic carbocycles. The van der Waals surface area contributed by atoms with Gasteiger partial charge in [0.15, 0.2) is 0 Å². The summed E-state index contributed by atoms with van der Waals surface area (Å²) in [6.07, 6.45) is 2.40. The van der Waals surface area contributed by atoms with E-state index in [0.29, 0.717) is 0 Å². The molecule has 0 atom stereocenters. The number of hydrogen-bond acceptors (Lipinski definition) is 4. The summed E-state index contributed by atoms with van der Waals surface area (Å²) in [5.41, 5.74) is 0. The minimum atomic E-state index is 0.843. The molecule has 1 aromatic rings. The van der Waals surface area contributed by atoms with E-state index in [1.54, 1.807) is 6.33 Å². The summed E-state index contributed by atoms with van der Waals surface area (Å²) in [7, 11) is 0. The fraction of sp³-hybridized carbons (Fsp3) is 0.429. The summed E-state index contributed by atoms with van der Waals surface area (Å²) in [4.78, 5) is 3.96. The minimum Gasteiger partial charge on any atom is -0.359 e. The summed E-state index contributed by atoms with van der Waals surface area (Å²) < 4.78 is 3.85. The van der Waals surface area contributed by atoms with Crippen LogP contribution in [0.5, 0.6) is 0 Å². The van der Waals surface area contributed by atoms with E-state index >= 15 is 0 Å². The molecule has 0 aliphatic rings. The van der Waals surface area contributed by atoms with Crippen LogP contribution in [-0.4, -0.2) is 15.9 Å². The van der Waals surface area contributed by atoms with E-state index in [4.69, 9.17) is 0 Å².